The topological polar surface area (TPSA) is 27.1 Å². The van der Waals surface area contributed by atoms with Crippen molar-refractivity contribution in [2.24, 2.45) is 0 Å². The maximum Gasteiger partial charge on any atom is 0.134 e. The minimum Gasteiger partial charge on any atom is -0.486 e. The molecule has 0 saturated heterocycles. The number of hydrogen-bond acceptors (Lipinski definition) is 2. The number of rotatable bonds is 5. The highest BCUT2D eigenvalue weighted by molar-refractivity contribution is 9.10. The van der Waals surface area contributed by atoms with Gasteiger partial charge in [-0.25, -0.2) is 0 Å². The highest BCUT2D eigenvalue weighted by atomic mass is 79.9. The van der Waals surface area contributed by atoms with Crippen LogP contribution in [0.5, 0.6) is 5.75 Å². The first-order chi connectivity index (χ1) is 9.56. The van der Waals surface area contributed by atoms with Crippen molar-refractivity contribution in [3.63, 3.8) is 0 Å². The molecule has 1 aromatic heterocycles. The van der Waals surface area contributed by atoms with E-state index in [9.17, 15) is 0 Å². The molecule has 2 rings (SSSR count). The Morgan fingerprint density at radius 2 is 2.00 bits per heavy atom. The van der Waals surface area contributed by atoms with Crippen LogP contribution in [0.25, 0.3) is 0 Å². The molecule has 0 spiro atoms. The summed E-state index contributed by atoms with van der Waals surface area (Å²) in [4.78, 5) is 0. The number of aryl methyl sites for hydroxylation is 3. The Bertz CT molecular complexity index is 608. The largest absolute Gasteiger partial charge is 0.486 e. The lowest BCUT2D eigenvalue weighted by Crippen LogP contribution is -2.06. The van der Waals surface area contributed by atoms with Crippen LogP contribution in [0.15, 0.2) is 27.1 Å². The molecule has 0 unspecified atom stereocenters. The van der Waals surface area contributed by atoms with Gasteiger partial charge in [-0.05, 0) is 69.8 Å². The van der Waals surface area contributed by atoms with Gasteiger partial charge in [-0.3, -0.25) is 4.68 Å². The van der Waals surface area contributed by atoms with E-state index in [1.165, 1.54) is 5.56 Å². The molecule has 108 valence electrons. The second-order valence-corrected chi connectivity index (χ2v) is 6.25. The van der Waals surface area contributed by atoms with Gasteiger partial charge < -0.3 is 4.74 Å². The molecule has 0 N–H and O–H groups in total. The van der Waals surface area contributed by atoms with Crippen LogP contribution >= 0.6 is 31.9 Å². The molecule has 0 saturated carbocycles. The zero-order valence-electron chi connectivity index (χ0n) is 11.9. The van der Waals surface area contributed by atoms with Gasteiger partial charge in [0.05, 0.1) is 20.3 Å². The summed E-state index contributed by atoms with van der Waals surface area (Å²) in [6.07, 6.45) is 0.912. The molecule has 5 heteroatoms. The summed E-state index contributed by atoms with van der Waals surface area (Å²) in [5, 5.41) is 4.57. The van der Waals surface area contributed by atoms with Gasteiger partial charge in [0, 0.05) is 6.54 Å². The third-order valence-corrected chi connectivity index (χ3v) is 4.68. The molecule has 0 fully saturated rings. The summed E-state index contributed by atoms with van der Waals surface area (Å²) in [7, 11) is 0. The van der Waals surface area contributed by atoms with Crippen LogP contribution in [0.4, 0.5) is 0 Å². The highest BCUT2D eigenvalue weighted by Gasteiger charge is 2.14. The number of aromatic nitrogens is 2. The molecule has 0 bridgehead atoms. The fraction of sp³-hybridized carbons (Fsp3) is 0.400. The number of ether oxygens (including phenoxy) is 1. The zero-order valence-corrected chi connectivity index (χ0v) is 15.1. The van der Waals surface area contributed by atoms with Crippen LogP contribution in [0.2, 0.25) is 0 Å². The van der Waals surface area contributed by atoms with Crippen molar-refractivity contribution in [3.05, 3.63) is 44.1 Å². The van der Waals surface area contributed by atoms with Gasteiger partial charge in [-0.2, -0.15) is 5.10 Å². The minimum absolute atomic E-state index is 0.503. The average molecular weight is 402 g/mol. The number of hydrogen-bond donors (Lipinski definition) is 0. The molecule has 20 heavy (non-hydrogen) atoms. The van der Waals surface area contributed by atoms with E-state index >= 15 is 0 Å². The Hall–Kier alpha value is -0.810. The number of halogens is 2. The average Bonchev–Trinajstić information content (AvgIpc) is 2.74. The van der Waals surface area contributed by atoms with E-state index in [-0.39, 0.29) is 0 Å². The number of nitrogens with zero attached hydrogens (tertiary/aromatic N) is 2. The Labute approximate surface area is 136 Å². The van der Waals surface area contributed by atoms with Gasteiger partial charge in [0.15, 0.2) is 0 Å². The third kappa shape index (κ3) is 3.26. The van der Waals surface area contributed by atoms with Crippen LogP contribution in [0.1, 0.15) is 30.8 Å². The Morgan fingerprint density at radius 1 is 1.25 bits per heavy atom. The van der Waals surface area contributed by atoms with E-state index in [1.54, 1.807) is 0 Å². The van der Waals surface area contributed by atoms with Gasteiger partial charge in [-0.15, -0.1) is 0 Å². The molecular weight excluding hydrogens is 384 g/mol. The fourth-order valence-electron chi connectivity index (χ4n) is 2.02. The SMILES string of the molecule is CCc1nn(CC)c(COc2ccc(C)cc2Br)c1Br. The maximum atomic E-state index is 5.92. The standard InChI is InChI=1S/C15H18Br2N2O/c1-4-12-15(17)13(19(5-2)18-12)9-20-14-7-6-10(3)8-11(14)16/h6-8H,4-5,9H2,1-3H3. The second kappa shape index (κ2) is 6.76. The van der Waals surface area contributed by atoms with E-state index in [0.717, 1.165) is 39.0 Å². The van der Waals surface area contributed by atoms with E-state index in [0.29, 0.717) is 6.61 Å². The molecule has 0 aliphatic rings. The molecule has 0 aliphatic heterocycles. The molecule has 0 aliphatic carbocycles. The number of benzene rings is 1. The Balaban J connectivity index is 2.20. The van der Waals surface area contributed by atoms with Gasteiger partial charge in [0.1, 0.15) is 12.4 Å². The van der Waals surface area contributed by atoms with E-state index in [1.807, 2.05) is 16.8 Å². The van der Waals surface area contributed by atoms with Crippen molar-refractivity contribution in [1.82, 2.24) is 9.78 Å². The molecule has 1 aromatic carbocycles. The van der Waals surface area contributed by atoms with Crippen LogP contribution in [0, 0.1) is 6.92 Å². The lowest BCUT2D eigenvalue weighted by atomic mass is 10.2. The third-order valence-electron chi connectivity index (χ3n) is 3.15. The monoisotopic (exact) mass is 400 g/mol. The zero-order chi connectivity index (χ0) is 14.7. The maximum absolute atomic E-state index is 5.92. The first-order valence-corrected chi connectivity index (χ1v) is 8.28. The summed E-state index contributed by atoms with van der Waals surface area (Å²) in [6.45, 7) is 7.60. The summed E-state index contributed by atoms with van der Waals surface area (Å²) < 4.78 is 9.95. The van der Waals surface area contributed by atoms with Gasteiger partial charge in [-0.1, -0.05) is 13.0 Å². The van der Waals surface area contributed by atoms with Crippen LogP contribution in [0.3, 0.4) is 0 Å². The summed E-state index contributed by atoms with van der Waals surface area (Å²) >= 11 is 7.17. The van der Waals surface area contributed by atoms with Crippen molar-refractivity contribution in [3.8, 4) is 5.75 Å². The van der Waals surface area contributed by atoms with E-state index in [4.69, 9.17) is 4.74 Å². The van der Waals surface area contributed by atoms with Crippen molar-refractivity contribution in [2.75, 3.05) is 0 Å². The van der Waals surface area contributed by atoms with Gasteiger partial charge in [0.2, 0.25) is 0 Å². The fourth-order valence-corrected chi connectivity index (χ4v) is 3.31. The van der Waals surface area contributed by atoms with Gasteiger partial charge in [0.25, 0.3) is 0 Å². The van der Waals surface area contributed by atoms with Crippen LogP contribution in [-0.2, 0) is 19.6 Å². The van der Waals surface area contributed by atoms with Gasteiger partial charge >= 0.3 is 0 Å². The molecule has 0 amide bonds. The molecule has 0 radical (unpaired) electrons. The first kappa shape index (κ1) is 15.6. The normalized spacial score (nSPS) is 10.8. The lowest BCUT2D eigenvalue weighted by Gasteiger charge is -2.10. The van der Waals surface area contributed by atoms with E-state index in [2.05, 4.69) is 63.8 Å². The van der Waals surface area contributed by atoms with Crippen LogP contribution in [-0.4, -0.2) is 9.78 Å². The molecule has 2 aromatic rings. The molecule has 0 atom stereocenters. The first-order valence-electron chi connectivity index (χ1n) is 6.69. The Morgan fingerprint density at radius 3 is 2.60 bits per heavy atom. The minimum atomic E-state index is 0.503. The van der Waals surface area contributed by atoms with Crippen molar-refractivity contribution in [2.45, 2.75) is 40.3 Å². The highest BCUT2D eigenvalue weighted by Crippen LogP contribution is 2.28. The van der Waals surface area contributed by atoms with Crippen molar-refractivity contribution in [1.29, 1.82) is 0 Å². The summed E-state index contributed by atoms with van der Waals surface area (Å²) in [5.41, 5.74) is 3.36. The van der Waals surface area contributed by atoms with Crippen molar-refractivity contribution >= 4 is 31.9 Å². The lowest BCUT2D eigenvalue weighted by molar-refractivity contribution is 0.290. The predicted octanol–water partition coefficient (Wildman–Crippen LogP) is 4.88. The molecule has 3 nitrogen and oxygen atoms in total. The molecule has 1 heterocycles. The predicted molar refractivity (Wildman–Crippen MR) is 88.2 cm³/mol. The Kier molecular flexibility index (Phi) is 5.27. The molecular formula is C15H18Br2N2O. The van der Waals surface area contributed by atoms with Crippen LogP contribution < -0.4 is 4.74 Å². The quantitative estimate of drug-likeness (QED) is 0.713. The smallest absolute Gasteiger partial charge is 0.134 e. The summed E-state index contributed by atoms with van der Waals surface area (Å²) in [5.74, 6) is 0.851. The summed E-state index contributed by atoms with van der Waals surface area (Å²) in [6, 6.07) is 6.09. The second-order valence-electron chi connectivity index (χ2n) is 4.60. The van der Waals surface area contributed by atoms with Crippen molar-refractivity contribution < 1.29 is 4.74 Å². The van der Waals surface area contributed by atoms with E-state index < -0.39 is 0 Å².